The highest BCUT2D eigenvalue weighted by atomic mass is 32.2. The Labute approximate surface area is 132 Å². The lowest BCUT2D eigenvalue weighted by Gasteiger charge is -2.19. The first-order chi connectivity index (χ1) is 9.93. The second-order valence-electron chi connectivity index (χ2n) is 6.67. The molecule has 1 aliphatic rings. The summed E-state index contributed by atoms with van der Waals surface area (Å²) in [6.45, 7) is 2.30. The summed E-state index contributed by atoms with van der Waals surface area (Å²) in [5.74, 6) is 1.43. The van der Waals surface area contributed by atoms with Crippen LogP contribution in [0, 0.1) is 0 Å². The van der Waals surface area contributed by atoms with Gasteiger partial charge in [0.25, 0.3) is 0 Å². The fourth-order valence-corrected chi connectivity index (χ4v) is 4.62. The van der Waals surface area contributed by atoms with Gasteiger partial charge in [0, 0.05) is 5.25 Å². The molecule has 0 unspecified atom stereocenters. The average Bonchev–Trinajstić information content (AvgIpc) is 2.42. The molecular weight excluding hydrogens is 260 g/mol. The Morgan fingerprint density at radius 1 is 0.650 bits per heavy atom. The van der Waals surface area contributed by atoms with Crippen LogP contribution in [0.5, 0.6) is 0 Å². The van der Waals surface area contributed by atoms with Gasteiger partial charge in [-0.05, 0) is 25.0 Å². The largest absolute Gasteiger partial charge is 0.159 e. The highest BCUT2D eigenvalue weighted by Gasteiger charge is 2.10. The second kappa shape index (κ2) is 14.3. The van der Waals surface area contributed by atoms with Crippen molar-refractivity contribution in [1.82, 2.24) is 0 Å². The molecular formula is C19H38S. The van der Waals surface area contributed by atoms with E-state index < -0.39 is 0 Å². The van der Waals surface area contributed by atoms with Crippen LogP contribution in [0.4, 0.5) is 0 Å². The summed E-state index contributed by atoms with van der Waals surface area (Å²) in [7, 11) is 0. The molecule has 1 rings (SSSR count). The lowest BCUT2D eigenvalue weighted by atomic mass is 10.0. The van der Waals surface area contributed by atoms with Gasteiger partial charge < -0.3 is 0 Å². The predicted octanol–water partition coefficient (Wildman–Crippen LogP) is 7.36. The highest BCUT2D eigenvalue weighted by molar-refractivity contribution is 7.99. The quantitative estimate of drug-likeness (QED) is 0.359. The highest BCUT2D eigenvalue weighted by Crippen LogP contribution is 2.27. The van der Waals surface area contributed by atoms with Gasteiger partial charge in [0.2, 0.25) is 0 Å². The minimum Gasteiger partial charge on any atom is -0.159 e. The standard InChI is InChI=1S/C19H38S/c1-2-3-4-5-6-7-8-12-15-18-20-19-16-13-10-9-11-14-17-19/h19H,2-18H2,1H3. The van der Waals surface area contributed by atoms with Gasteiger partial charge in [-0.15, -0.1) is 0 Å². The molecule has 0 bridgehead atoms. The predicted molar refractivity (Wildman–Crippen MR) is 95.8 cm³/mol. The van der Waals surface area contributed by atoms with E-state index in [1.165, 1.54) is 108 Å². The molecule has 0 nitrogen and oxygen atoms in total. The number of hydrogen-bond donors (Lipinski definition) is 0. The van der Waals surface area contributed by atoms with E-state index in [4.69, 9.17) is 0 Å². The molecule has 1 heteroatoms. The average molecular weight is 299 g/mol. The fraction of sp³-hybridized carbons (Fsp3) is 1.00. The van der Waals surface area contributed by atoms with Crippen LogP contribution in [0.3, 0.4) is 0 Å². The van der Waals surface area contributed by atoms with E-state index in [9.17, 15) is 0 Å². The molecule has 0 aliphatic heterocycles. The Morgan fingerprint density at radius 2 is 1.15 bits per heavy atom. The van der Waals surface area contributed by atoms with Gasteiger partial charge >= 0.3 is 0 Å². The minimum atomic E-state index is 1.00. The maximum absolute atomic E-state index is 2.30. The molecule has 1 saturated carbocycles. The number of thioether (sulfide) groups is 1. The van der Waals surface area contributed by atoms with E-state index in [1.807, 2.05) is 0 Å². The van der Waals surface area contributed by atoms with Crippen molar-refractivity contribution in [2.75, 3.05) is 5.75 Å². The van der Waals surface area contributed by atoms with E-state index in [-0.39, 0.29) is 0 Å². The Morgan fingerprint density at radius 3 is 1.75 bits per heavy atom. The molecule has 1 fully saturated rings. The molecule has 0 heterocycles. The monoisotopic (exact) mass is 298 g/mol. The Kier molecular flexibility index (Phi) is 13.1. The molecule has 20 heavy (non-hydrogen) atoms. The minimum absolute atomic E-state index is 1.00. The lowest BCUT2D eigenvalue weighted by molar-refractivity contribution is 0.512. The molecule has 0 aromatic heterocycles. The Hall–Kier alpha value is 0.350. The molecule has 120 valence electrons. The maximum Gasteiger partial charge on any atom is 0.00470 e. The second-order valence-corrected chi connectivity index (χ2v) is 8.07. The number of unbranched alkanes of at least 4 members (excludes halogenated alkanes) is 8. The molecule has 0 radical (unpaired) electrons. The van der Waals surface area contributed by atoms with E-state index in [1.54, 1.807) is 0 Å². The zero-order chi connectivity index (χ0) is 14.3. The van der Waals surface area contributed by atoms with Crippen molar-refractivity contribution in [2.45, 2.75) is 115 Å². The van der Waals surface area contributed by atoms with Gasteiger partial charge in [0.05, 0.1) is 0 Å². The molecule has 0 aromatic carbocycles. The summed E-state index contributed by atoms with van der Waals surface area (Å²) < 4.78 is 0. The zero-order valence-electron chi connectivity index (χ0n) is 14.0. The molecule has 0 atom stereocenters. The van der Waals surface area contributed by atoms with Crippen LogP contribution in [0.15, 0.2) is 0 Å². The molecule has 1 aliphatic carbocycles. The Balaban J connectivity index is 1.81. The van der Waals surface area contributed by atoms with Crippen molar-refractivity contribution in [3.63, 3.8) is 0 Å². The van der Waals surface area contributed by atoms with E-state index in [0.29, 0.717) is 0 Å². The first-order valence-corrected chi connectivity index (χ1v) is 10.6. The summed E-state index contributed by atoms with van der Waals surface area (Å²) in [6, 6.07) is 0. The third-order valence-electron chi connectivity index (χ3n) is 4.65. The van der Waals surface area contributed by atoms with Gasteiger partial charge in [-0.2, -0.15) is 11.8 Å². The van der Waals surface area contributed by atoms with Gasteiger partial charge in [0.1, 0.15) is 0 Å². The Bertz CT molecular complexity index is 182. The van der Waals surface area contributed by atoms with Gasteiger partial charge in [-0.1, -0.05) is 90.4 Å². The SMILES string of the molecule is CCCCCCCCCCCSC1CCCCCCC1. The molecule has 0 spiro atoms. The normalized spacial score (nSPS) is 17.9. The third-order valence-corrected chi connectivity index (χ3v) is 6.12. The maximum atomic E-state index is 2.30. The van der Waals surface area contributed by atoms with Crippen molar-refractivity contribution in [2.24, 2.45) is 0 Å². The first-order valence-electron chi connectivity index (χ1n) is 9.55. The lowest BCUT2D eigenvalue weighted by Crippen LogP contribution is -2.06. The van der Waals surface area contributed by atoms with Crippen LogP contribution in [0.25, 0.3) is 0 Å². The fourth-order valence-electron chi connectivity index (χ4n) is 3.25. The zero-order valence-corrected chi connectivity index (χ0v) is 14.8. The van der Waals surface area contributed by atoms with Crippen molar-refractivity contribution >= 4 is 11.8 Å². The van der Waals surface area contributed by atoms with Crippen LogP contribution in [0.2, 0.25) is 0 Å². The van der Waals surface area contributed by atoms with Crippen LogP contribution >= 0.6 is 11.8 Å². The molecule has 0 aromatic rings. The van der Waals surface area contributed by atoms with Crippen LogP contribution < -0.4 is 0 Å². The number of hydrogen-bond acceptors (Lipinski definition) is 1. The van der Waals surface area contributed by atoms with Crippen LogP contribution in [0.1, 0.15) is 110 Å². The smallest absolute Gasteiger partial charge is 0.00470 e. The van der Waals surface area contributed by atoms with E-state index in [2.05, 4.69) is 18.7 Å². The summed E-state index contributed by atoms with van der Waals surface area (Å²) in [6.07, 6.45) is 23.6. The summed E-state index contributed by atoms with van der Waals surface area (Å²) in [5.41, 5.74) is 0. The topological polar surface area (TPSA) is 0 Å². The van der Waals surface area contributed by atoms with Gasteiger partial charge in [0.15, 0.2) is 0 Å². The molecule has 0 saturated heterocycles. The van der Waals surface area contributed by atoms with E-state index in [0.717, 1.165) is 5.25 Å². The van der Waals surface area contributed by atoms with Crippen LogP contribution in [-0.4, -0.2) is 11.0 Å². The molecule has 0 N–H and O–H groups in total. The van der Waals surface area contributed by atoms with Crippen molar-refractivity contribution in [3.8, 4) is 0 Å². The van der Waals surface area contributed by atoms with Crippen molar-refractivity contribution in [3.05, 3.63) is 0 Å². The number of rotatable bonds is 11. The van der Waals surface area contributed by atoms with Crippen LogP contribution in [-0.2, 0) is 0 Å². The van der Waals surface area contributed by atoms with Gasteiger partial charge in [-0.25, -0.2) is 0 Å². The summed E-state index contributed by atoms with van der Waals surface area (Å²) in [5, 5.41) is 1.00. The van der Waals surface area contributed by atoms with Crippen molar-refractivity contribution in [1.29, 1.82) is 0 Å². The summed E-state index contributed by atoms with van der Waals surface area (Å²) >= 11 is 2.29. The summed E-state index contributed by atoms with van der Waals surface area (Å²) in [4.78, 5) is 0. The third kappa shape index (κ3) is 11.1. The van der Waals surface area contributed by atoms with Gasteiger partial charge in [-0.3, -0.25) is 0 Å². The molecule has 0 amide bonds. The van der Waals surface area contributed by atoms with Crippen molar-refractivity contribution < 1.29 is 0 Å². The van der Waals surface area contributed by atoms with E-state index >= 15 is 0 Å². The first kappa shape index (κ1) is 18.4.